The third kappa shape index (κ3) is 4.15. The Kier molecular flexibility index (Phi) is 5.34. The number of halogens is 3. The van der Waals surface area contributed by atoms with E-state index in [1.807, 2.05) is 42.5 Å². The average molecular weight is 518 g/mol. The van der Waals surface area contributed by atoms with Crippen molar-refractivity contribution in [1.82, 2.24) is 19.7 Å². The van der Waals surface area contributed by atoms with Crippen molar-refractivity contribution in [3.05, 3.63) is 95.0 Å². The number of aryl methyl sites for hydroxylation is 1. The number of aromatic amines is 1. The first-order valence-electron chi connectivity index (χ1n) is 11.3. The Labute approximate surface area is 212 Å². The van der Waals surface area contributed by atoms with Crippen LogP contribution in [-0.4, -0.2) is 25.7 Å². The normalized spacial score (nSPS) is 11.9. The lowest BCUT2D eigenvalue weighted by Gasteiger charge is -2.09. The lowest BCUT2D eigenvalue weighted by Crippen LogP contribution is -2.11. The van der Waals surface area contributed by atoms with Crippen LogP contribution in [0, 0.1) is 6.92 Å². The summed E-state index contributed by atoms with van der Waals surface area (Å²) in [5.74, 6) is 0.296. The molecule has 37 heavy (non-hydrogen) atoms. The number of nitrogens with one attached hydrogen (secondary N) is 2. The molecule has 0 bridgehead atoms. The Balaban J connectivity index is 1.34. The molecule has 0 radical (unpaired) electrons. The SMILES string of the molecule is Cc1nn(-c2cccc(C(F)(F)F)c2)c2sc(C(=O)Nc3ccccc3-c3nc4ccccc4[nH]3)cc12. The third-order valence-corrected chi connectivity index (χ3v) is 7.12. The molecule has 0 unspecified atom stereocenters. The van der Waals surface area contributed by atoms with Gasteiger partial charge < -0.3 is 10.3 Å². The summed E-state index contributed by atoms with van der Waals surface area (Å²) >= 11 is 1.17. The molecule has 3 aromatic carbocycles. The highest BCUT2D eigenvalue weighted by Gasteiger charge is 2.31. The van der Waals surface area contributed by atoms with Crippen LogP contribution in [-0.2, 0) is 6.18 Å². The van der Waals surface area contributed by atoms with Gasteiger partial charge in [-0.2, -0.15) is 18.3 Å². The van der Waals surface area contributed by atoms with Crippen LogP contribution in [0.4, 0.5) is 18.9 Å². The van der Waals surface area contributed by atoms with Crippen LogP contribution < -0.4 is 5.32 Å². The van der Waals surface area contributed by atoms with E-state index in [9.17, 15) is 18.0 Å². The van der Waals surface area contributed by atoms with Crippen molar-refractivity contribution in [2.75, 3.05) is 5.32 Å². The number of H-pyrrole nitrogens is 1. The first kappa shape index (κ1) is 23.0. The quantitative estimate of drug-likeness (QED) is 0.259. The number of imidazole rings is 1. The summed E-state index contributed by atoms with van der Waals surface area (Å²) < 4.78 is 41.2. The summed E-state index contributed by atoms with van der Waals surface area (Å²) in [7, 11) is 0. The largest absolute Gasteiger partial charge is 0.416 e. The minimum Gasteiger partial charge on any atom is -0.338 e. The summed E-state index contributed by atoms with van der Waals surface area (Å²) in [6.45, 7) is 1.76. The van der Waals surface area contributed by atoms with Crippen molar-refractivity contribution < 1.29 is 18.0 Å². The van der Waals surface area contributed by atoms with Gasteiger partial charge in [0, 0.05) is 10.9 Å². The smallest absolute Gasteiger partial charge is 0.338 e. The van der Waals surface area contributed by atoms with Gasteiger partial charge >= 0.3 is 6.18 Å². The molecule has 0 aliphatic heterocycles. The number of anilines is 1. The number of carbonyl (C=O) groups excluding carboxylic acids is 1. The Morgan fingerprint density at radius 2 is 1.78 bits per heavy atom. The first-order chi connectivity index (χ1) is 17.8. The van der Waals surface area contributed by atoms with Crippen molar-refractivity contribution in [1.29, 1.82) is 0 Å². The zero-order valence-electron chi connectivity index (χ0n) is 19.3. The van der Waals surface area contributed by atoms with Crippen LogP contribution in [0.3, 0.4) is 0 Å². The van der Waals surface area contributed by atoms with E-state index in [-0.39, 0.29) is 11.6 Å². The lowest BCUT2D eigenvalue weighted by atomic mass is 10.1. The van der Waals surface area contributed by atoms with Crippen LogP contribution >= 0.6 is 11.3 Å². The molecule has 0 atom stereocenters. The van der Waals surface area contributed by atoms with Crippen LogP contribution in [0.5, 0.6) is 0 Å². The fourth-order valence-corrected chi connectivity index (χ4v) is 5.29. The van der Waals surface area contributed by atoms with Gasteiger partial charge in [-0.25, -0.2) is 9.67 Å². The molecule has 3 heterocycles. The number of thiophene rings is 1. The number of rotatable bonds is 4. The van der Waals surface area contributed by atoms with Crippen molar-refractivity contribution in [3.63, 3.8) is 0 Å². The van der Waals surface area contributed by atoms with Crippen molar-refractivity contribution >= 4 is 44.2 Å². The first-order valence-corrected chi connectivity index (χ1v) is 12.1. The zero-order chi connectivity index (χ0) is 25.7. The van der Waals surface area contributed by atoms with Crippen molar-refractivity contribution in [3.8, 4) is 17.1 Å². The van der Waals surface area contributed by atoms with Crippen molar-refractivity contribution in [2.45, 2.75) is 13.1 Å². The van der Waals surface area contributed by atoms with E-state index in [4.69, 9.17) is 0 Å². The number of para-hydroxylation sites is 3. The summed E-state index contributed by atoms with van der Waals surface area (Å²) in [4.78, 5) is 22.2. The highest BCUT2D eigenvalue weighted by Crippen LogP contribution is 2.35. The molecule has 0 fully saturated rings. The van der Waals surface area contributed by atoms with Crippen molar-refractivity contribution in [2.24, 2.45) is 0 Å². The molecule has 6 rings (SSSR count). The molecular weight excluding hydrogens is 499 g/mol. The second kappa shape index (κ2) is 8.59. The van der Waals surface area contributed by atoms with Crippen LogP contribution in [0.2, 0.25) is 0 Å². The summed E-state index contributed by atoms with van der Waals surface area (Å²) in [5.41, 5.74) is 3.15. The molecule has 184 valence electrons. The predicted octanol–water partition coefficient (Wildman–Crippen LogP) is 7.21. The fourth-order valence-electron chi connectivity index (χ4n) is 4.21. The predicted molar refractivity (Wildman–Crippen MR) is 138 cm³/mol. The van der Waals surface area contributed by atoms with Crippen LogP contribution in [0.15, 0.2) is 78.9 Å². The number of benzene rings is 3. The topological polar surface area (TPSA) is 75.6 Å². The molecule has 3 aromatic heterocycles. The third-order valence-electron chi connectivity index (χ3n) is 6.01. The minimum absolute atomic E-state index is 0.275. The molecule has 0 saturated carbocycles. The number of carbonyl (C=O) groups is 1. The van der Waals surface area contributed by atoms with E-state index >= 15 is 0 Å². The number of fused-ring (bicyclic) bond motifs is 2. The monoisotopic (exact) mass is 517 g/mol. The van der Waals surface area contributed by atoms with Gasteiger partial charge in [0.1, 0.15) is 10.7 Å². The number of alkyl halides is 3. The Morgan fingerprint density at radius 1 is 1.00 bits per heavy atom. The Hall–Kier alpha value is -4.44. The van der Waals surface area contributed by atoms with E-state index in [0.29, 0.717) is 32.3 Å². The fraction of sp³-hybridized carbons (Fsp3) is 0.0741. The van der Waals surface area contributed by atoms with Gasteiger partial charge in [0.2, 0.25) is 0 Å². The van der Waals surface area contributed by atoms with Gasteiger partial charge in [0.15, 0.2) is 0 Å². The lowest BCUT2D eigenvalue weighted by molar-refractivity contribution is -0.137. The molecule has 6 nitrogen and oxygen atoms in total. The van der Waals surface area contributed by atoms with Gasteiger partial charge in [-0.15, -0.1) is 11.3 Å². The highest BCUT2D eigenvalue weighted by atomic mass is 32.1. The number of aromatic nitrogens is 4. The summed E-state index contributed by atoms with van der Waals surface area (Å²) in [5, 5.41) is 8.09. The van der Waals surface area contributed by atoms with Crippen LogP contribution in [0.25, 0.3) is 38.3 Å². The van der Waals surface area contributed by atoms with Gasteiger partial charge in [-0.3, -0.25) is 4.79 Å². The van der Waals surface area contributed by atoms with E-state index in [1.54, 1.807) is 25.1 Å². The summed E-state index contributed by atoms with van der Waals surface area (Å²) in [6, 6.07) is 21.7. The van der Waals surface area contributed by atoms with E-state index in [1.165, 1.54) is 22.1 Å². The Morgan fingerprint density at radius 3 is 2.59 bits per heavy atom. The van der Waals surface area contributed by atoms with E-state index < -0.39 is 11.7 Å². The number of amides is 1. The molecule has 2 N–H and O–H groups in total. The standard InChI is InChI=1S/C27H18F3N5OS/c1-15-19-14-23(37-26(19)35(34-15)17-8-6-7-16(13-17)27(28,29)30)25(36)33-20-10-3-2-9-18(20)24-31-21-11-4-5-12-22(21)32-24/h2-14H,1H3,(H,31,32)(H,33,36). The minimum atomic E-state index is -4.47. The summed E-state index contributed by atoms with van der Waals surface area (Å²) in [6.07, 6.45) is -4.47. The maximum Gasteiger partial charge on any atom is 0.416 e. The molecule has 0 aliphatic carbocycles. The average Bonchev–Trinajstić information content (AvgIpc) is 3.58. The number of nitrogens with zero attached hydrogens (tertiary/aromatic N) is 3. The van der Waals surface area contributed by atoms with Gasteiger partial charge in [0.05, 0.1) is 38.5 Å². The number of hydrogen-bond donors (Lipinski definition) is 2. The maximum absolute atomic E-state index is 13.3. The zero-order valence-corrected chi connectivity index (χ0v) is 20.1. The highest BCUT2D eigenvalue weighted by molar-refractivity contribution is 7.20. The molecule has 1 amide bonds. The second-order valence-corrected chi connectivity index (χ2v) is 9.51. The van der Waals surface area contributed by atoms with Gasteiger partial charge in [-0.05, 0) is 55.5 Å². The molecule has 6 aromatic rings. The number of hydrogen-bond acceptors (Lipinski definition) is 4. The van der Waals surface area contributed by atoms with Gasteiger partial charge in [-0.1, -0.05) is 30.3 Å². The maximum atomic E-state index is 13.3. The van der Waals surface area contributed by atoms with Crippen LogP contribution in [0.1, 0.15) is 20.9 Å². The molecule has 0 spiro atoms. The molecular formula is C27H18F3N5OS. The molecule has 0 aliphatic rings. The Bertz CT molecular complexity index is 1760. The molecule has 10 heteroatoms. The second-order valence-electron chi connectivity index (χ2n) is 8.48. The van der Waals surface area contributed by atoms with Gasteiger partial charge in [0.25, 0.3) is 5.91 Å². The van der Waals surface area contributed by atoms with E-state index in [0.717, 1.165) is 28.7 Å². The van der Waals surface area contributed by atoms with E-state index in [2.05, 4.69) is 20.4 Å². The molecule has 0 saturated heterocycles.